The molecule has 0 amide bonds. The van der Waals surface area contributed by atoms with Crippen molar-refractivity contribution >= 4 is 0 Å². The lowest BCUT2D eigenvalue weighted by Gasteiger charge is -2.58. The normalized spacial score (nSPS) is 32.7. The van der Waals surface area contributed by atoms with Gasteiger partial charge in [-0.2, -0.15) is 5.06 Å². The Morgan fingerprint density at radius 1 is 0.850 bits per heavy atom. The van der Waals surface area contributed by atoms with E-state index < -0.39 is 0 Å². The summed E-state index contributed by atoms with van der Waals surface area (Å²) in [5.74, 6) is 0.685. The molecule has 3 heterocycles. The molecule has 0 atom stereocenters. The van der Waals surface area contributed by atoms with E-state index in [0.29, 0.717) is 5.92 Å². The summed E-state index contributed by atoms with van der Waals surface area (Å²) in [7, 11) is 0. The average Bonchev–Trinajstić information content (AvgIpc) is 2.49. The molecule has 2 spiro atoms. The minimum atomic E-state index is -0.0345. The number of piperidine rings is 1. The van der Waals surface area contributed by atoms with Crippen molar-refractivity contribution in [1.82, 2.24) is 5.06 Å². The van der Waals surface area contributed by atoms with Gasteiger partial charge in [0.15, 0.2) is 0 Å². The largest absolute Gasteiger partial charge is 0.381 e. The molecule has 4 heteroatoms. The Balaban J connectivity index is 0.000000704. The van der Waals surface area contributed by atoms with Gasteiger partial charge in [0.05, 0.1) is 11.1 Å². The molecule has 3 saturated heterocycles. The third-order valence-corrected chi connectivity index (χ3v) is 5.20. The summed E-state index contributed by atoms with van der Waals surface area (Å²) < 4.78 is 11.0. The molecule has 3 aliphatic heterocycles. The molecule has 0 saturated carbocycles. The lowest BCUT2D eigenvalue weighted by atomic mass is 9.67. The van der Waals surface area contributed by atoms with Crippen LogP contribution in [-0.2, 0) is 9.47 Å². The van der Waals surface area contributed by atoms with Crippen molar-refractivity contribution in [3.63, 3.8) is 0 Å². The predicted octanol–water partition coefficient (Wildman–Crippen LogP) is 3.23. The topological polar surface area (TPSA) is 41.9 Å². The summed E-state index contributed by atoms with van der Waals surface area (Å²) in [6.45, 7) is 9.49. The summed E-state index contributed by atoms with van der Waals surface area (Å²) in [6, 6.07) is 0. The standard InChI is InChI=1S/C14H25NO3.C2H6/c1-12-10-13(2-6-17-7-3-13)15(16)14(11-12)4-8-18-9-5-14;1-2/h12,16H,2-11H2,1H3;1-2H3. The van der Waals surface area contributed by atoms with Crippen LogP contribution in [0.3, 0.4) is 0 Å². The zero-order valence-electron chi connectivity index (χ0n) is 13.4. The Labute approximate surface area is 123 Å². The number of hydroxylamine groups is 2. The quantitative estimate of drug-likeness (QED) is 0.742. The molecule has 0 radical (unpaired) electrons. The summed E-state index contributed by atoms with van der Waals surface area (Å²) in [5, 5.41) is 12.7. The first-order valence-electron chi connectivity index (χ1n) is 8.32. The Morgan fingerprint density at radius 3 is 1.55 bits per heavy atom. The lowest BCUT2D eigenvalue weighted by Crippen LogP contribution is -2.66. The molecule has 3 rings (SSSR count). The number of ether oxygens (including phenoxy) is 2. The van der Waals surface area contributed by atoms with Crippen LogP contribution in [0, 0.1) is 5.92 Å². The van der Waals surface area contributed by atoms with Crippen LogP contribution in [0.15, 0.2) is 0 Å². The molecule has 4 nitrogen and oxygen atoms in total. The lowest BCUT2D eigenvalue weighted by molar-refractivity contribution is -0.298. The van der Waals surface area contributed by atoms with Gasteiger partial charge in [0.25, 0.3) is 0 Å². The molecule has 0 aliphatic carbocycles. The summed E-state index contributed by atoms with van der Waals surface area (Å²) >= 11 is 0. The Bertz CT molecular complexity index is 268. The van der Waals surface area contributed by atoms with E-state index in [1.165, 1.54) is 0 Å². The fourth-order valence-corrected chi connectivity index (χ4v) is 4.38. The number of nitrogens with zero attached hydrogens (tertiary/aromatic N) is 1. The van der Waals surface area contributed by atoms with Gasteiger partial charge in [0, 0.05) is 26.4 Å². The highest BCUT2D eigenvalue weighted by Crippen LogP contribution is 2.48. The second-order valence-corrected chi connectivity index (χ2v) is 6.50. The van der Waals surface area contributed by atoms with E-state index in [4.69, 9.17) is 9.47 Å². The van der Waals surface area contributed by atoms with Gasteiger partial charge >= 0.3 is 0 Å². The van der Waals surface area contributed by atoms with E-state index in [-0.39, 0.29) is 11.1 Å². The van der Waals surface area contributed by atoms with E-state index in [1.54, 1.807) is 5.06 Å². The first kappa shape index (κ1) is 16.2. The highest BCUT2D eigenvalue weighted by Gasteiger charge is 2.54. The third kappa shape index (κ3) is 2.89. The van der Waals surface area contributed by atoms with Crippen molar-refractivity contribution in [1.29, 1.82) is 0 Å². The van der Waals surface area contributed by atoms with Crippen LogP contribution in [0.2, 0.25) is 0 Å². The minimum absolute atomic E-state index is 0.0345. The Kier molecular flexibility index (Phi) is 5.46. The molecule has 1 N–H and O–H groups in total. The van der Waals surface area contributed by atoms with E-state index in [2.05, 4.69) is 6.92 Å². The van der Waals surface area contributed by atoms with Crippen LogP contribution in [0.4, 0.5) is 0 Å². The van der Waals surface area contributed by atoms with Gasteiger partial charge in [-0.05, 0) is 44.4 Å². The van der Waals surface area contributed by atoms with Crippen LogP contribution >= 0.6 is 0 Å². The van der Waals surface area contributed by atoms with Crippen molar-refractivity contribution in [3.05, 3.63) is 0 Å². The molecule has 0 aromatic carbocycles. The third-order valence-electron chi connectivity index (χ3n) is 5.20. The average molecular weight is 285 g/mol. The molecule has 0 unspecified atom stereocenters. The summed E-state index contributed by atoms with van der Waals surface area (Å²) in [4.78, 5) is 0. The van der Waals surface area contributed by atoms with Gasteiger partial charge in [-0.3, -0.25) is 0 Å². The Morgan fingerprint density at radius 2 is 1.20 bits per heavy atom. The smallest absolute Gasteiger partial charge is 0.0513 e. The minimum Gasteiger partial charge on any atom is -0.381 e. The van der Waals surface area contributed by atoms with Crippen molar-refractivity contribution in [2.75, 3.05) is 26.4 Å². The fraction of sp³-hybridized carbons (Fsp3) is 1.00. The van der Waals surface area contributed by atoms with Crippen molar-refractivity contribution in [2.45, 2.75) is 70.4 Å². The fourth-order valence-electron chi connectivity index (χ4n) is 4.38. The molecule has 3 fully saturated rings. The first-order valence-corrected chi connectivity index (χ1v) is 8.32. The first-order chi connectivity index (χ1) is 9.67. The van der Waals surface area contributed by atoms with E-state index in [0.717, 1.165) is 65.0 Å². The second-order valence-electron chi connectivity index (χ2n) is 6.50. The number of rotatable bonds is 0. The highest BCUT2D eigenvalue weighted by atomic mass is 16.5. The predicted molar refractivity (Wildman–Crippen MR) is 78.9 cm³/mol. The molecular weight excluding hydrogens is 254 g/mol. The van der Waals surface area contributed by atoms with Crippen LogP contribution < -0.4 is 0 Å². The van der Waals surface area contributed by atoms with Crippen molar-refractivity contribution < 1.29 is 14.7 Å². The maximum atomic E-state index is 10.9. The zero-order valence-corrected chi connectivity index (χ0v) is 13.4. The zero-order chi connectivity index (χ0) is 14.6. The van der Waals surface area contributed by atoms with Gasteiger partial charge < -0.3 is 14.7 Å². The van der Waals surface area contributed by atoms with E-state index >= 15 is 0 Å². The van der Waals surface area contributed by atoms with Gasteiger partial charge in [-0.15, -0.1) is 0 Å². The van der Waals surface area contributed by atoms with Crippen molar-refractivity contribution in [2.24, 2.45) is 5.92 Å². The van der Waals surface area contributed by atoms with Gasteiger partial charge in [-0.25, -0.2) is 0 Å². The Hall–Kier alpha value is -0.160. The molecule has 0 bridgehead atoms. The second kappa shape index (κ2) is 6.73. The summed E-state index contributed by atoms with van der Waals surface area (Å²) in [6.07, 6.45) is 6.09. The van der Waals surface area contributed by atoms with Crippen molar-refractivity contribution in [3.8, 4) is 0 Å². The van der Waals surface area contributed by atoms with Gasteiger partial charge in [0.2, 0.25) is 0 Å². The molecule has 118 valence electrons. The van der Waals surface area contributed by atoms with Crippen LogP contribution in [-0.4, -0.2) is 47.8 Å². The van der Waals surface area contributed by atoms with Crippen LogP contribution in [0.1, 0.15) is 59.3 Å². The van der Waals surface area contributed by atoms with Gasteiger partial charge in [0.1, 0.15) is 0 Å². The molecule has 20 heavy (non-hydrogen) atoms. The maximum Gasteiger partial charge on any atom is 0.0513 e. The van der Waals surface area contributed by atoms with Crippen LogP contribution in [0.5, 0.6) is 0 Å². The highest BCUT2D eigenvalue weighted by molar-refractivity contribution is 5.05. The molecule has 0 aromatic heterocycles. The molecule has 3 aliphatic rings. The maximum absolute atomic E-state index is 10.9. The number of hydrogen-bond donors (Lipinski definition) is 1. The SMILES string of the molecule is CC.CC1CC2(CCOCC2)N(O)C2(CCOCC2)C1. The molecular formula is C16H31NO3. The monoisotopic (exact) mass is 285 g/mol. The number of hydrogen-bond acceptors (Lipinski definition) is 4. The van der Waals surface area contributed by atoms with E-state index in [1.807, 2.05) is 13.8 Å². The molecule has 0 aromatic rings. The van der Waals surface area contributed by atoms with Gasteiger partial charge in [-0.1, -0.05) is 20.8 Å². The van der Waals surface area contributed by atoms with E-state index in [9.17, 15) is 5.21 Å². The summed E-state index contributed by atoms with van der Waals surface area (Å²) in [5.41, 5.74) is -0.0689. The van der Waals surface area contributed by atoms with Crippen LogP contribution in [0.25, 0.3) is 0 Å².